The van der Waals surface area contributed by atoms with Crippen LogP contribution in [0.5, 0.6) is 0 Å². The molecule has 0 spiro atoms. The Kier molecular flexibility index (Phi) is 5.20. The largest absolute Gasteiger partial charge is 0.381 e. The lowest BCUT2D eigenvalue weighted by molar-refractivity contribution is -0.132. The van der Waals surface area contributed by atoms with Crippen molar-refractivity contribution in [2.45, 2.75) is 37.8 Å². The molecule has 1 aliphatic rings. The zero-order chi connectivity index (χ0) is 16.2. The van der Waals surface area contributed by atoms with Gasteiger partial charge in [0.1, 0.15) is 0 Å². The standard InChI is InChI=1S/C13H22N4O4S/c1-2-5-17-8-11(15-10-17)22(19,20)16-9-13(12(14)18)3-6-21-7-4-13/h8,10,16H,2-7,9H2,1H3,(H2,14,18). The maximum Gasteiger partial charge on any atom is 0.259 e. The number of hydrogen-bond acceptors (Lipinski definition) is 5. The van der Waals surface area contributed by atoms with Gasteiger partial charge in [-0.05, 0) is 19.3 Å². The van der Waals surface area contributed by atoms with Crippen molar-refractivity contribution in [3.8, 4) is 0 Å². The van der Waals surface area contributed by atoms with Gasteiger partial charge in [-0.2, -0.15) is 0 Å². The molecule has 0 saturated carbocycles. The van der Waals surface area contributed by atoms with E-state index in [1.54, 1.807) is 4.57 Å². The van der Waals surface area contributed by atoms with Gasteiger partial charge < -0.3 is 15.0 Å². The van der Waals surface area contributed by atoms with Crippen LogP contribution in [0.3, 0.4) is 0 Å². The van der Waals surface area contributed by atoms with E-state index >= 15 is 0 Å². The lowest BCUT2D eigenvalue weighted by Gasteiger charge is -2.33. The van der Waals surface area contributed by atoms with E-state index in [1.807, 2.05) is 6.92 Å². The molecule has 0 unspecified atom stereocenters. The highest BCUT2D eigenvalue weighted by Gasteiger charge is 2.39. The molecular formula is C13H22N4O4S. The third-order valence-corrected chi connectivity index (χ3v) is 5.23. The van der Waals surface area contributed by atoms with Gasteiger partial charge in [-0.25, -0.2) is 18.1 Å². The Bertz CT molecular complexity index is 620. The van der Waals surface area contributed by atoms with E-state index in [2.05, 4.69) is 9.71 Å². The number of nitrogens with two attached hydrogens (primary N) is 1. The quantitative estimate of drug-likeness (QED) is 0.721. The molecule has 1 aromatic rings. The van der Waals surface area contributed by atoms with E-state index in [9.17, 15) is 13.2 Å². The van der Waals surface area contributed by atoms with Crippen LogP contribution in [0.15, 0.2) is 17.6 Å². The first-order valence-corrected chi connectivity index (χ1v) is 8.77. The number of aromatic nitrogens is 2. The third kappa shape index (κ3) is 3.65. The van der Waals surface area contributed by atoms with Crippen molar-refractivity contribution in [3.05, 3.63) is 12.5 Å². The van der Waals surface area contributed by atoms with E-state index in [4.69, 9.17) is 10.5 Å². The molecule has 9 heteroatoms. The summed E-state index contributed by atoms with van der Waals surface area (Å²) < 4.78 is 34.0. The zero-order valence-electron chi connectivity index (χ0n) is 12.6. The first-order valence-electron chi connectivity index (χ1n) is 7.29. The van der Waals surface area contributed by atoms with Gasteiger partial charge in [0.25, 0.3) is 10.0 Å². The number of rotatable bonds is 7. The summed E-state index contributed by atoms with van der Waals surface area (Å²) in [4.78, 5) is 15.6. The van der Waals surface area contributed by atoms with Crippen LogP contribution in [-0.2, 0) is 26.1 Å². The van der Waals surface area contributed by atoms with Crippen molar-refractivity contribution in [1.82, 2.24) is 14.3 Å². The molecule has 1 aromatic heterocycles. The number of sulfonamides is 1. The van der Waals surface area contributed by atoms with E-state index < -0.39 is 21.3 Å². The van der Waals surface area contributed by atoms with Crippen molar-refractivity contribution in [2.75, 3.05) is 19.8 Å². The fourth-order valence-corrected chi connectivity index (χ4v) is 3.51. The predicted octanol–water partition coefficient (Wildman–Crippen LogP) is -0.146. The fraction of sp³-hybridized carbons (Fsp3) is 0.692. The maximum absolute atomic E-state index is 12.3. The molecule has 124 valence electrons. The lowest BCUT2D eigenvalue weighted by atomic mass is 9.80. The average molecular weight is 330 g/mol. The molecule has 1 aliphatic heterocycles. The smallest absolute Gasteiger partial charge is 0.259 e. The summed E-state index contributed by atoms with van der Waals surface area (Å²) in [7, 11) is -3.76. The van der Waals surface area contributed by atoms with Crippen LogP contribution >= 0.6 is 0 Å². The predicted molar refractivity (Wildman–Crippen MR) is 79.4 cm³/mol. The number of carbonyl (C=O) groups is 1. The number of primary amides is 1. The zero-order valence-corrected chi connectivity index (χ0v) is 13.4. The first kappa shape index (κ1) is 16.9. The van der Waals surface area contributed by atoms with Crippen LogP contribution in [0.25, 0.3) is 0 Å². The molecule has 1 fully saturated rings. The maximum atomic E-state index is 12.3. The number of amides is 1. The molecule has 3 N–H and O–H groups in total. The Labute approximate surface area is 130 Å². The number of ether oxygens (including phenoxy) is 1. The molecule has 0 radical (unpaired) electrons. The van der Waals surface area contributed by atoms with Gasteiger partial charge in [0, 0.05) is 32.5 Å². The summed E-state index contributed by atoms with van der Waals surface area (Å²) in [5.74, 6) is -0.505. The van der Waals surface area contributed by atoms with Gasteiger partial charge in [0.15, 0.2) is 5.03 Å². The lowest BCUT2D eigenvalue weighted by Crippen LogP contribution is -2.49. The monoisotopic (exact) mass is 330 g/mol. The topological polar surface area (TPSA) is 116 Å². The van der Waals surface area contributed by atoms with Gasteiger partial charge in [-0.3, -0.25) is 4.79 Å². The minimum atomic E-state index is -3.76. The second kappa shape index (κ2) is 6.76. The summed E-state index contributed by atoms with van der Waals surface area (Å²) >= 11 is 0. The van der Waals surface area contributed by atoms with Crippen molar-refractivity contribution < 1.29 is 17.9 Å². The minimum absolute atomic E-state index is 0.0331. The Hall–Kier alpha value is -1.45. The summed E-state index contributed by atoms with van der Waals surface area (Å²) in [6, 6.07) is 0. The molecule has 8 nitrogen and oxygen atoms in total. The van der Waals surface area contributed by atoms with Crippen LogP contribution in [-0.4, -0.2) is 43.6 Å². The summed E-state index contributed by atoms with van der Waals surface area (Å²) in [5.41, 5.74) is 4.57. The highest BCUT2D eigenvalue weighted by Crippen LogP contribution is 2.29. The molecule has 2 rings (SSSR count). The van der Waals surface area contributed by atoms with E-state index in [-0.39, 0.29) is 11.6 Å². The van der Waals surface area contributed by atoms with Crippen LogP contribution in [0, 0.1) is 5.41 Å². The molecule has 2 heterocycles. The number of nitrogens with one attached hydrogen (secondary N) is 1. The molecule has 0 atom stereocenters. The second-order valence-electron chi connectivity index (χ2n) is 5.53. The SMILES string of the molecule is CCCn1cnc(S(=O)(=O)NCC2(C(N)=O)CCOCC2)c1. The van der Waals surface area contributed by atoms with E-state index in [1.165, 1.54) is 12.5 Å². The number of hydrogen-bond donors (Lipinski definition) is 2. The Morgan fingerprint density at radius 1 is 1.50 bits per heavy atom. The van der Waals surface area contributed by atoms with Gasteiger partial charge in [0.05, 0.1) is 11.7 Å². The molecular weight excluding hydrogens is 308 g/mol. The summed E-state index contributed by atoms with van der Waals surface area (Å²) in [6.45, 7) is 3.46. The van der Waals surface area contributed by atoms with Gasteiger partial charge in [-0.15, -0.1) is 0 Å². The summed E-state index contributed by atoms with van der Waals surface area (Å²) in [5, 5.41) is -0.0485. The summed E-state index contributed by atoms with van der Waals surface area (Å²) in [6.07, 6.45) is 4.67. The molecule has 0 aromatic carbocycles. The van der Waals surface area contributed by atoms with E-state index in [0.29, 0.717) is 32.6 Å². The van der Waals surface area contributed by atoms with Crippen LogP contribution < -0.4 is 10.5 Å². The molecule has 22 heavy (non-hydrogen) atoms. The van der Waals surface area contributed by atoms with Gasteiger partial charge in [0.2, 0.25) is 5.91 Å². The van der Waals surface area contributed by atoms with Crippen LogP contribution in [0.1, 0.15) is 26.2 Å². The minimum Gasteiger partial charge on any atom is -0.381 e. The Morgan fingerprint density at radius 3 is 2.77 bits per heavy atom. The fourth-order valence-electron chi connectivity index (χ4n) is 2.44. The third-order valence-electron chi connectivity index (χ3n) is 3.94. The number of carbonyl (C=O) groups excluding carboxylic acids is 1. The molecule has 1 saturated heterocycles. The number of aryl methyl sites for hydroxylation is 1. The number of nitrogens with zero attached hydrogens (tertiary/aromatic N) is 2. The highest BCUT2D eigenvalue weighted by atomic mass is 32.2. The first-order chi connectivity index (χ1) is 10.4. The van der Waals surface area contributed by atoms with Crippen molar-refractivity contribution in [3.63, 3.8) is 0 Å². The normalized spacial score (nSPS) is 18.2. The van der Waals surface area contributed by atoms with Crippen molar-refractivity contribution in [1.29, 1.82) is 0 Å². The second-order valence-corrected chi connectivity index (χ2v) is 7.25. The van der Waals surface area contributed by atoms with E-state index in [0.717, 1.165) is 6.42 Å². The van der Waals surface area contributed by atoms with Crippen molar-refractivity contribution in [2.24, 2.45) is 11.1 Å². The number of imidazole rings is 1. The molecule has 0 bridgehead atoms. The molecule has 0 aliphatic carbocycles. The van der Waals surface area contributed by atoms with Crippen LogP contribution in [0.2, 0.25) is 0 Å². The molecule has 1 amide bonds. The van der Waals surface area contributed by atoms with Crippen molar-refractivity contribution >= 4 is 15.9 Å². The van der Waals surface area contributed by atoms with Gasteiger partial charge in [-0.1, -0.05) is 6.92 Å². The Balaban J connectivity index is 2.08. The Morgan fingerprint density at radius 2 is 2.18 bits per heavy atom. The average Bonchev–Trinajstić information content (AvgIpc) is 2.96. The van der Waals surface area contributed by atoms with Gasteiger partial charge >= 0.3 is 0 Å². The highest BCUT2D eigenvalue weighted by molar-refractivity contribution is 7.89. The van der Waals surface area contributed by atoms with Crippen LogP contribution in [0.4, 0.5) is 0 Å².